The minimum absolute atomic E-state index is 0.228. The Morgan fingerprint density at radius 1 is 1.11 bits per heavy atom. The monoisotopic (exact) mass is 482 g/mol. The minimum atomic E-state index is -0.258. The Bertz CT molecular complexity index is 702. The summed E-state index contributed by atoms with van der Waals surface area (Å²) in [6, 6.07) is 7.80. The number of nitrogens with zero attached hydrogens (tertiary/aromatic N) is 2. The molecule has 0 saturated carbocycles. The molecule has 0 aliphatic carbocycles. The summed E-state index contributed by atoms with van der Waals surface area (Å²) < 4.78 is 4.52. The van der Waals surface area contributed by atoms with Crippen LogP contribution in [0.2, 0.25) is 0 Å². The average Bonchev–Trinajstić information content (AvgIpc) is 2.41. The van der Waals surface area contributed by atoms with Crippen molar-refractivity contribution >= 4 is 45.2 Å². The standard InChI is InChI=1S/C13H12I2N2O2/c1-2-16-8-11(15)12(18)17(13(16)19)7-9-3-5-10(14)6-4-9/h3-6,8H,2,7H2,1H3. The Kier molecular flexibility index (Phi) is 4.82. The van der Waals surface area contributed by atoms with E-state index in [0.29, 0.717) is 16.7 Å². The van der Waals surface area contributed by atoms with Gasteiger partial charge in [0.1, 0.15) is 0 Å². The van der Waals surface area contributed by atoms with Gasteiger partial charge in [-0.1, -0.05) is 12.1 Å². The fourth-order valence-corrected chi connectivity index (χ4v) is 2.74. The number of rotatable bonds is 3. The van der Waals surface area contributed by atoms with Crippen molar-refractivity contribution in [3.8, 4) is 0 Å². The summed E-state index contributed by atoms with van der Waals surface area (Å²) in [4.78, 5) is 24.2. The summed E-state index contributed by atoms with van der Waals surface area (Å²) >= 11 is 4.19. The fraction of sp³-hybridized carbons (Fsp3) is 0.231. The first-order valence-electron chi connectivity index (χ1n) is 5.77. The van der Waals surface area contributed by atoms with Crippen LogP contribution in [-0.2, 0) is 13.1 Å². The molecular formula is C13H12I2N2O2. The molecular weight excluding hydrogens is 470 g/mol. The van der Waals surface area contributed by atoms with E-state index < -0.39 is 0 Å². The number of halogens is 2. The van der Waals surface area contributed by atoms with Crippen LogP contribution in [0.15, 0.2) is 40.1 Å². The summed E-state index contributed by atoms with van der Waals surface area (Å²) in [6.45, 7) is 2.75. The van der Waals surface area contributed by atoms with Crippen molar-refractivity contribution in [1.29, 1.82) is 0 Å². The largest absolute Gasteiger partial charge is 0.331 e. The van der Waals surface area contributed by atoms with Crippen LogP contribution in [0.1, 0.15) is 12.5 Å². The number of hydrogen-bond acceptors (Lipinski definition) is 2. The van der Waals surface area contributed by atoms with E-state index in [1.54, 1.807) is 10.8 Å². The summed E-state index contributed by atoms with van der Waals surface area (Å²) in [5, 5.41) is 0. The van der Waals surface area contributed by atoms with Gasteiger partial charge >= 0.3 is 5.69 Å². The second-order valence-electron chi connectivity index (χ2n) is 4.06. The third kappa shape index (κ3) is 3.28. The zero-order valence-electron chi connectivity index (χ0n) is 10.3. The molecule has 0 aliphatic rings. The Hall–Kier alpha value is -0.640. The first kappa shape index (κ1) is 14.8. The third-order valence-corrected chi connectivity index (χ3v) is 4.25. The number of hydrogen-bond donors (Lipinski definition) is 0. The van der Waals surface area contributed by atoms with Gasteiger partial charge in [0, 0.05) is 16.3 Å². The van der Waals surface area contributed by atoms with E-state index in [9.17, 15) is 9.59 Å². The zero-order chi connectivity index (χ0) is 14.0. The lowest BCUT2D eigenvalue weighted by Gasteiger charge is -2.09. The molecule has 0 radical (unpaired) electrons. The molecule has 0 aliphatic heterocycles. The molecule has 0 spiro atoms. The topological polar surface area (TPSA) is 44.0 Å². The summed E-state index contributed by atoms with van der Waals surface area (Å²) in [6.07, 6.45) is 1.61. The fourth-order valence-electron chi connectivity index (χ4n) is 1.76. The van der Waals surface area contributed by atoms with Crippen LogP contribution in [0.25, 0.3) is 0 Å². The lowest BCUT2D eigenvalue weighted by atomic mass is 10.2. The van der Waals surface area contributed by atoms with Gasteiger partial charge in [-0.15, -0.1) is 0 Å². The normalized spacial score (nSPS) is 10.7. The molecule has 1 aromatic heterocycles. The Morgan fingerprint density at radius 2 is 1.74 bits per heavy atom. The molecule has 1 heterocycles. The second kappa shape index (κ2) is 6.21. The van der Waals surface area contributed by atoms with E-state index in [-0.39, 0.29) is 11.2 Å². The summed E-state index contributed by atoms with van der Waals surface area (Å²) in [5.74, 6) is 0. The first-order chi connectivity index (χ1) is 9.02. The smallest absolute Gasteiger partial charge is 0.300 e. The van der Waals surface area contributed by atoms with Crippen molar-refractivity contribution in [1.82, 2.24) is 9.13 Å². The maximum atomic E-state index is 12.2. The number of benzene rings is 1. The minimum Gasteiger partial charge on any atom is -0.300 e. The van der Waals surface area contributed by atoms with Gasteiger partial charge in [0.25, 0.3) is 5.56 Å². The molecule has 2 rings (SSSR count). The van der Waals surface area contributed by atoms with Crippen LogP contribution in [0.4, 0.5) is 0 Å². The molecule has 2 aromatic rings. The van der Waals surface area contributed by atoms with Crippen molar-refractivity contribution in [3.63, 3.8) is 0 Å². The highest BCUT2D eigenvalue weighted by Crippen LogP contribution is 2.07. The van der Waals surface area contributed by atoms with Gasteiger partial charge in [-0.3, -0.25) is 13.9 Å². The van der Waals surface area contributed by atoms with Crippen LogP contribution in [-0.4, -0.2) is 9.13 Å². The van der Waals surface area contributed by atoms with Crippen LogP contribution < -0.4 is 11.2 Å². The molecule has 0 unspecified atom stereocenters. The van der Waals surface area contributed by atoms with Crippen LogP contribution in [0.3, 0.4) is 0 Å². The first-order valence-corrected chi connectivity index (χ1v) is 7.93. The predicted octanol–water partition coefficient (Wildman–Crippen LogP) is 2.29. The van der Waals surface area contributed by atoms with Gasteiger partial charge in [0.05, 0.1) is 10.1 Å². The maximum Gasteiger partial charge on any atom is 0.331 e. The van der Waals surface area contributed by atoms with Crippen LogP contribution in [0, 0.1) is 7.14 Å². The molecule has 0 bridgehead atoms. The maximum absolute atomic E-state index is 12.2. The van der Waals surface area contributed by atoms with E-state index in [1.165, 1.54) is 4.57 Å². The van der Waals surface area contributed by atoms with E-state index >= 15 is 0 Å². The highest BCUT2D eigenvalue weighted by atomic mass is 127. The summed E-state index contributed by atoms with van der Waals surface area (Å²) in [5.41, 5.74) is 0.463. The number of aryl methyl sites for hydroxylation is 1. The average molecular weight is 482 g/mol. The molecule has 4 nitrogen and oxygen atoms in total. The van der Waals surface area contributed by atoms with Gasteiger partial charge in [0.2, 0.25) is 0 Å². The van der Waals surface area contributed by atoms with E-state index in [0.717, 1.165) is 9.13 Å². The highest BCUT2D eigenvalue weighted by Gasteiger charge is 2.09. The predicted molar refractivity (Wildman–Crippen MR) is 91.6 cm³/mol. The molecule has 0 atom stereocenters. The van der Waals surface area contributed by atoms with Gasteiger partial charge < -0.3 is 0 Å². The molecule has 0 fully saturated rings. The Morgan fingerprint density at radius 3 is 2.32 bits per heavy atom. The highest BCUT2D eigenvalue weighted by molar-refractivity contribution is 14.1. The SMILES string of the molecule is CCn1cc(I)c(=O)n(Cc2ccc(I)cc2)c1=O. The van der Waals surface area contributed by atoms with Crippen molar-refractivity contribution in [2.24, 2.45) is 0 Å². The van der Waals surface area contributed by atoms with Crippen molar-refractivity contribution in [2.75, 3.05) is 0 Å². The van der Waals surface area contributed by atoms with Crippen LogP contribution in [0.5, 0.6) is 0 Å². The van der Waals surface area contributed by atoms with E-state index in [2.05, 4.69) is 22.6 Å². The van der Waals surface area contributed by atoms with Crippen molar-refractivity contribution in [3.05, 3.63) is 64.0 Å². The van der Waals surface area contributed by atoms with E-state index in [4.69, 9.17) is 0 Å². The van der Waals surface area contributed by atoms with Gasteiger partial charge in [0.15, 0.2) is 0 Å². The molecule has 6 heteroatoms. The third-order valence-electron chi connectivity index (χ3n) is 2.79. The molecule has 0 N–H and O–H groups in total. The van der Waals surface area contributed by atoms with Crippen molar-refractivity contribution in [2.45, 2.75) is 20.0 Å². The molecule has 100 valence electrons. The lowest BCUT2D eigenvalue weighted by molar-refractivity contribution is 0.595. The molecule has 1 aromatic carbocycles. The van der Waals surface area contributed by atoms with Gasteiger partial charge in [-0.25, -0.2) is 4.79 Å². The van der Waals surface area contributed by atoms with Crippen molar-refractivity contribution < 1.29 is 0 Å². The second-order valence-corrected chi connectivity index (χ2v) is 6.47. The van der Waals surface area contributed by atoms with Gasteiger partial charge in [-0.05, 0) is 69.8 Å². The Balaban J connectivity index is 2.50. The quantitative estimate of drug-likeness (QED) is 0.631. The molecule has 0 saturated heterocycles. The van der Waals surface area contributed by atoms with Crippen LogP contribution >= 0.6 is 45.2 Å². The molecule has 19 heavy (non-hydrogen) atoms. The Labute approximate surface area is 137 Å². The lowest BCUT2D eigenvalue weighted by Crippen LogP contribution is -2.40. The summed E-state index contributed by atoms with van der Waals surface area (Å²) in [7, 11) is 0. The number of aromatic nitrogens is 2. The van der Waals surface area contributed by atoms with E-state index in [1.807, 2.05) is 53.8 Å². The zero-order valence-corrected chi connectivity index (χ0v) is 14.6. The van der Waals surface area contributed by atoms with Gasteiger partial charge in [-0.2, -0.15) is 0 Å². The molecule has 0 amide bonds.